The summed E-state index contributed by atoms with van der Waals surface area (Å²) < 4.78 is 0. The minimum Gasteiger partial charge on any atom is -0.298 e. The van der Waals surface area contributed by atoms with Crippen molar-refractivity contribution in [2.75, 3.05) is 0 Å². The molecule has 68 valence electrons. The molecule has 0 bridgehead atoms. The second-order valence-corrected chi connectivity index (χ2v) is 4.43. The predicted molar refractivity (Wildman–Crippen MR) is 52.2 cm³/mol. The standard InChI is InChI=1S/C8H8N2O2S/c1-5-2-3-13(4-5)7-6(11)9-8(12)10-7/h2-4H,1H3,(H2,9,10,11,12). The van der Waals surface area contributed by atoms with Gasteiger partial charge in [-0.2, -0.15) is 0 Å². The zero-order valence-corrected chi connectivity index (χ0v) is 7.77. The molecule has 2 heterocycles. The zero-order valence-electron chi connectivity index (χ0n) is 6.96. The second kappa shape index (κ2) is 2.85. The smallest absolute Gasteiger partial charge is 0.298 e. The minimum absolute atomic E-state index is 0.316. The highest BCUT2D eigenvalue weighted by Crippen LogP contribution is 2.28. The first kappa shape index (κ1) is 8.25. The summed E-state index contributed by atoms with van der Waals surface area (Å²) in [6.07, 6.45) is 1.94. The molecule has 3 amide bonds. The number of hydrogen-bond acceptors (Lipinski definition) is 2. The highest BCUT2D eigenvalue weighted by molar-refractivity contribution is 8.22. The average molecular weight is 196 g/mol. The predicted octanol–water partition coefficient (Wildman–Crippen LogP) is 0.656. The molecule has 2 aliphatic heterocycles. The lowest BCUT2D eigenvalue weighted by Crippen LogP contribution is -2.22. The van der Waals surface area contributed by atoms with Crippen LogP contribution in [-0.4, -0.2) is 16.9 Å². The average Bonchev–Trinajstić information content (AvgIpc) is 2.58. The molecular weight excluding hydrogens is 188 g/mol. The number of carbonyl (C=O) groups excluding carboxylic acids is 2. The van der Waals surface area contributed by atoms with E-state index in [1.165, 1.54) is 0 Å². The van der Waals surface area contributed by atoms with E-state index in [-0.39, 0.29) is 16.4 Å². The third-order valence-electron chi connectivity index (χ3n) is 1.69. The fourth-order valence-electron chi connectivity index (χ4n) is 1.10. The number of urea groups is 1. The number of rotatable bonds is 0. The van der Waals surface area contributed by atoms with Gasteiger partial charge in [-0.05, 0) is 23.3 Å². The van der Waals surface area contributed by atoms with Gasteiger partial charge in [0.05, 0.1) is 0 Å². The van der Waals surface area contributed by atoms with Crippen LogP contribution in [0.2, 0.25) is 0 Å². The Morgan fingerprint density at radius 3 is 2.54 bits per heavy atom. The molecule has 5 heteroatoms. The van der Waals surface area contributed by atoms with Crippen LogP contribution in [0.3, 0.4) is 0 Å². The summed E-state index contributed by atoms with van der Waals surface area (Å²) in [4.78, 5) is 22.4. The summed E-state index contributed by atoms with van der Waals surface area (Å²) in [5, 5.41) is 8.55. The molecule has 0 saturated carbocycles. The molecule has 4 nitrogen and oxygen atoms in total. The number of imide groups is 1. The summed E-state index contributed by atoms with van der Waals surface area (Å²) in [5.41, 5.74) is 1.12. The van der Waals surface area contributed by atoms with Crippen molar-refractivity contribution in [3.05, 3.63) is 22.5 Å². The van der Waals surface area contributed by atoms with E-state index in [0.717, 1.165) is 5.57 Å². The summed E-state index contributed by atoms with van der Waals surface area (Å²) in [5.74, 6) is -0.316. The van der Waals surface area contributed by atoms with Crippen LogP contribution in [0.15, 0.2) is 22.5 Å². The largest absolute Gasteiger partial charge is 0.326 e. The van der Waals surface area contributed by atoms with Crippen LogP contribution in [0, 0.1) is 0 Å². The lowest BCUT2D eigenvalue weighted by atomic mass is 10.4. The van der Waals surface area contributed by atoms with E-state index in [0.29, 0.717) is 4.99 Å². The first-order valence-electron chi connectivity index (χ1n) is 3.74. The number of hydrogen-bond donors (Lipinski definition) is 2. The number of allylic oxidation sites excluding steroid dienone is 2. The second-order valence-electron chi connectivity index (χ2n) is 2.77. The van der Waals surface area contributed by atoms with Gasteiger partial charge in [0.2, 0.25) is 0 Å². The van der Waals surface area contributed by atoms with E-state index >= 15 is 0 Å². The van der Waals surface area contributed by atoms with Crippen LogP contribution in [0.5, 0.6) is 0 Å². The lowest BCUT2D eigenvalue weighted by Gasteiger charge is -1.96. The van der Waals surface area contributed by atoms with E-state index < -0.39 is 6.03 Å². The van der Waals surface area contributed by atoms with Gasteiger partial charge in [-0.15, -0.1) is 10.5 Å². The van der Waals surface area contributed by atoms with E-state index in [4.69, 9.17) is 0 Å². The maximum absolute atomic E-state index is 11.2. The lowest BCUT2D eigenvalue weighted by molar-refractivity contribution is -0.113. The van der Waals surface area contributed by atoms with Crippen LogP contribution < -0.4 is 10.6 Å². The molecular formula is C8H8N2O2S. The number of carbonyl (C=O) groups is 2. The molecule has 1 unspecified atom stereocenters. The molecule has 2 rings (SSSR count). The van der Waals surface area contributed by atoms with Gasteiger partial charge in [0.15, 0.2) is 0 Å². The quantitative estimate of drug-likeness (QED) is 0.441. The van der Waals surface area contributed by atoms with Crippen LogP contribution in [0.1, 0.15) is 6.92 Å². The molecule has 2 N–H and O–H groups in total. The SMILES string of the molecule is CC1=CS(=C2NC(=O)NC2=O)C=C1. The van der Waals surface area contributed by atoms with Crippen molar-refractivity contribution in [2.45, 2.75) is 6.92 Å². The number of amides is 3. The van der Waals surface area contributed by atoms with Crippen LogP contribution >= 0.6 is 10.5 Å². The number of nitrogens with one attached hydrogen (secondary N) is 2. The fourth-order valence-corrected chi connectivity index (χ4v) is 2.75. The maximum Gasteiger partial charge on any atom is 0.326 e. The Balaban J connectivity index is 2.41. The van der Waals surface area contributed by atoms with Crippen molar-refractivity contribution < 1.29 is 9.59 Å². The monoisotopic (exact) mass is 196 g/mol. The molecule has 1 atom stereocenters. The molecule has 2 aliphatic rings. The first-order chi connectivity index (χ1) is 6.16. The molecule has 0 spiro atoms. The van der Waals surface area contributed by atoms with Gasteiger partial charge >= 0.3 is 6.03 Å². The molecule has 0 aromatic heterocycles. The Bertz CT molecular complexity index is 393. The van der Waals surface area contributed by atoms with E-state index in [1.807, 2.05) is 23.8 Å². The summed E-state index contributed by atoms with van der Waals surface area (Å²) >= 11 is 0. The molecule has 0 aliphatic carbocycles. The Hall–Kier alpha value is -1.36. The Morgan fingerprint density at radius 1 is 1.31 bits per heavy atom. The normalized spacial score (nSPS) is 28.8. The van der Waals surface area contributed by atoms with Crippen molar-refractivity contribution >= 4 is 27.4 Å². The van der Waals surface area contributed by atoms with Crippen LogP contribution in [0.25, 0.3) is 0 Å². The van der Waals surface area contributed by atoms with Gasteiger partial charge in [0, 0.05) is 0 Å². The van der Waals surface area contributed by atoms with Crippen molar-refractivity contribution in [2.24, 2.45) is 0 Å². The van der Waals surface area contributed by atoms with Gasteiger partial charge in [0.1, 0.15) is 4.99 Å². The van der Waals surface area contributed by atoms with Crippen LogP contribution in [-0.2, 0) is 4.79 Å². The third kappa shape index (κ3) is 1.42. The maximum atomic E-state index is 11.2. The zero-order chi connectivity index (χ0) is 9.42. The fraction of sp³-hybridized carbons (Fsp3) is 0.125. The molecule has 0 radical (unpaired) electrons. The molecule has 0 aromatic rings. The van der Waals surface area contributed by atoms with E-state index in [9.17, 15) is 9.59 Å². The van der Waals surface area contributed by atoms with Gasteiger partial charge in [0.25, 0.3) is 5.91 Å². The molecule has 0 aromatic carbocycles. The highest BCUT2D eigenvalue weighted by Gasteiger charge is 2.25. The van der Waals surface area contributed by atoms with Gasteiger partial charge < -0.3 is 0 Å². The van der Waals surface area contributed by atoms with Crippen molar-refractivity contribution in [1.82, 2.24) is 10.6 Å². The Morgan fingerprint density at radius 2 is 2.08 bits per heavy atom. The topological polar surface area (TPSA) is 58.2 Å². The Kier molecular flexibility index (Phi) is 1.81. The Labute approximate surface area is 77.6 Å². The van der Waals surface area contributed by atoms with Gasteiger partial charge in [-0.25, -0.2) is 4.79 Å². The molecule has 13 heavy (non-hydrogen) atoms. The summed E-state index contributed by atoms with van der Waals surface area (Å²) in [6, 6.07) is -0.432. The van der Waals surface area contributed by atoms with Gasteiger partial charge in [-0.3, -0.25) is 15.4 Å². The first-order valence-corrected chi connectivity index (χ1v) is 5.10. The summed E-state index contributed by atoms with van der Waals surface area (Å²) in [7, 11) is -0.353. The van der Waals surface area contributed by atoms with Crippen molar-refractivity contribution in [3.8, 4) is 0 Å². The third-order valence-corrected chi connectivity index (χ3v) is 3.50. The summed E-state index contributed by atoms with van der Waals surface area (Å²) in [6.45, 7) is 1.96. The molecule has 1 fully saturated rings. The highest BCUT2D eigenvalue weighted by atomic mass is 32.2. The van der Waals surface area contributed by atoms with Crippen molar-refractivity contribution in [1.29, 1.82) is 0 Å². The van der Waals surface area contributed by atoms with Crippen molar-refractivity contribution in [3.63, 3.8) is 0 Å². The minimum atomic E-state index is -0.432. The molecule has 1 saturated heterocycles. The van der Waals surface area contributed by atoms with E-state index in [1.54, 1.807) is 0 Å². The van der Waals surface area contributed by atoms with Crippen LogP contribution in [0.4, 0.5) is 4.79 Å². The van der Waals surface area contributed by atoms with E-state index in [2.05, 4.69) is 10.6 Å². The van der Waals surface area contributed by atoms with Gasteiger partial charge in [-0.1, -0.05) is 6.08 Å².